The summed E-state index contributed by atoms with van der Waals surface area (Å²) in [7, 11) is 0. The predicted molar refractivity (Wildman–Crippen MR) is 36.4 cm³/mol. The van der Waals surface area contributed by atoms with Gasteiger partial charge in [0.15, 0.2) is 0 Å². The lowest BCUT2D eigenvalue weighted by atomic mass is 9.89. The normalized spacial score (nSPS) is 48.3. The summed E-state index contributed by atoms with van der Waals surface area (Å²) in [6.45, 7) is 6.12. The summed E-state index contributed by atoms with van der Waals surface area (Å²) >= 11 is 0. The van der Waals surface area contributed by atoms with Gasteiger partial charge in [0.25, 0.3) is 0 Å². The Kier molecular flexibility index (Phi) is 0.773. The van der Waals surface area contributed by atoms with Crippen LogP contribution in [-0.2, 0) is 9.53 Å². The monoisotopic (exact) mass is 140 g/mol. The van der Waals surface area contributed by atoms with Gasteiger partial charge >= 0.3 is 5.97 Å². The first-order valence-electron chi connectivity index (χ1n) is 3.70. The van der Waals surface area contributed by atoms with Gasteiger partial charge in [0.05, 0.1) is 5.92 Å². The van der Waals surface area contributed by atoms with Crippen LogP contribution < -0.4 is 0 Å². The van der Waals surface area contributed by atoms with E-state index in [1.54, 1.807) is 0 Å². The molecule has 1 heterocycles. The van der Waals surface area contributed by atoms with Crippen LogP contribution in [0.4, 0.5) is 0 Å². The van der Waals surface area contributed by atoms with Crippen LogP contribution in [0.2, 0.25) is 0 Å². The lowest BCUT2D eigenvalue weighted by Crippen LogP contribution is -2.30. The van der Waals surface area contributed by atoms with Crippen molar-refractivity contribution in [2.45, 2.75) is 32.8 Å². The molecule has 56 valence electrons. The van der Waals surface area contributed by atoms with E-state index in [1.165, 1.54) is 0 Å². The Balaban J connectivity index is 2.37. The quantitative estimate of drug-likeness (QED) is 0.475. The van der Waals surface area contributed by atoms with Crippen LogP contribution in [0.25, 0.3) is 0 Å². The molecule has 2 heteroatoms. The van der Waals surface area contributed by atoms with E-state index in [9.17, 15) is 4.79 Å². The highest BCUT2D eigenvalue weighted by Crippen LogP contribution is 2.65. The molecule has 0 N–H and O–H groups in total. The smallest absolute Gasteiger partial charge is 0.310 e. The molecule has 2 rings (SSSR count). The summed E-state index contributed by atoms with van der Waals surface area (Å²) in [6, 6.07) is 0. The van der Waals surface area contributed by atoms with Crippen molar-refractivity contribution in [3.05, 3.63) is 0 Å². The number of carbonyl (C=O) groups excluding carboxylic acids is 1. The van der Waals surface area contributed by atoms with Crippen LogP contribution in [0.3, 0.4) is 0 Å². The maximum atomic E-state index is 11.0. The summed E-state index contributed by atoms with van der Waals surface area (Å²) in [6.07, 6.45) is 1.03. The van der Waals surface area contributed by atoms with Crippen LogP contribution in [-0.4, -0.2) is 11.6 Å². The summed E-state index contributed by atoms with van der Waals surface area (Å²) in [5.74, 6) is 0.218. The number of cyclic esters (lactones) is 1. The van der Waals surface area contributed by atoms with Crippen molar-refractivity contribution >= 4 is 5.97 Å². The third kappa shape index (κ3) is 0.446. The molecule has 0 aromatic heterocycles. The van der Waals surface area contributed by atoms with Crippen molar-refractivity contribution in [2.24, 2.45) is 11.3 Å². The van der Waals surface area contributed by atoms with Gasteiger partial charge < -0.3 is 4.74 Å². The summed E-state index contributed by atoms with van der Waals surface area (Å²) in [5.41, 5.74) is -0.0567. The average molecular weight is 140 g/mol. The molecule has 1 aliphatic heterocycles. The summed E-state index contributed by atoms with van der Waals surface area (Å²) in [5, 5.41) is 0. The molecule has 0 aromatic carbocycles. The molecule has 2 atom stereocenters. The van der Waals surface area contributed by atoms with Crippen LogP contribution in [0, 0.1) is 11.3 Å². The Labute approximate surface area is 60.6 Å². The Morgan fingerprint density at radius 3 is 2.20 bits per heavy atom. The molecule has 10 heavy (non-hydrogen) atoms. The molecule has 2 fully saturated rings. The van der Waals surface area contributed by atoms with E-state index >= 15 is 0 Å². The van der Waals surface area contributed by atoms with Crippen molar-refractivity contribution in [3.8, 4) is 0 Å². The van der Waals surface area contributed by atoms with E-state index in [1.807, 2.05) is 13.8 Å². The zero-order chi connectivity index (χ0) is 7.57. The van der Waals surface area contributed by atoms with Gasteiger partial charge in [-0.25, -0.2) is 0 Å². The van der Waals surface area contributed by atoms with Crippen LogP contribution in [0.5, 0.6) is 0 Å². The molecule has 1 saturated heterocycles. The van der Waals surface area contributed by atoms with E-state index in [0.717, 1.165) is 6.42 Å². The van der Waals surface area contributed by atoms with Gasteiger partial charge in [-0.1, -0.05) is 6.92 Å². The van der Waals surface area contributed by atoms with Crippen LogP contribution >= 0.6 is 0 Å². The van der Waals surface area contributed by atoms with E-state index < -0.39 is 0 Å². The maximum absolute atomic E-state index is 11.0. The van der Waals surface area contributed by atoms with Gasteiger partial charge in [-0.3, -0.25) is 4.79 Å². The Bertz CT molecular complexity index is 205. The minimum atomic E-state index is -0.214. The molecular weight excluding hydrogens is 128 g/mol. The molecule has 1 aliphatic carbocycles. The molecule has 0 bridgehead atoms. The zero-order valence-electron chi connectivity index (χ0n) is 6.60. The van der Waals surface area contributed by atoms with E-state index in [2.05, 4.69) is 6.92 Å². The van der Waals surface area contributed by atoms with Crippen molar-refractivity contribution in [1.82, 2.24) is 0 Å². The standard InChI is InChI=1S/C8H12O2/c1-7(2)8(3)4-5(8)6(9)10-7/h5H,4H2,1-3H3/t5-,8-/m0/s1. The highest BCUT2D eigenvalue weighted by atomic mass is 16.6. The highest BCUT2D eigenvalue weighted by Gasteiger charge is 2.70. The fourth-order valence-corrected chi connectivity index (χ4v) is 1.81. The average Bonchev–Trinajstić information content (AvgIpc) is 2.37. The van der Waals surface area contributed by atoms with Gasteiger partial charge in [0, 0.05) is 5.41 Å². The van der Waals surface area contributed by atoms with Crippen molar-refractivity contribution in [2.75, 3.05) is 0 Å². The minimum Gasteiger partial charge on any atom is -0.459 e. The lowest BCUT2D eigenvalue weighted by Gasteiger charge is -2.25. The first-order chi connectivity index (χ1) is 4.47. The molecule has 0 unspecified atom stereocenters. The van der Waals surface area contributed by atoms with Crippen molar-refractivity contribution < 1.29 is 9.53 Å². The van der Waals surface area contributed by atoms with Crippen LogP contribution in [0.1, 0.15) is 27.2 Å². The Morgan fingerprint density at radius 2 is 2.10 bits per heavy atom. The molecule has 0 amide bonds. The van der Waals surface area contributed by atoms with E-state index in [-0.39, 0.29) is 22.9 Å². The van der Waals surface area contributed by atoms with Gasteiger partial charge in [0.1, 0.15) is 5.60 Å². The fraction of sp³-hybridized carbons (Fsp3) is 0.875. The summed E-state index contributed by atoms with van der Waals surface area (Å²) < 4.78 is 5.17. The van der Waals surface area contributed by atoms with Gasteiger partial charge in [-0.2, -0.15) is 0 Å². The number of esters is 1. The second-order valence-electron chi connectivity index (χ2n) is 4.11. The fourth-order valence-electron chi connectivity index (χ4n) is 1.81. The second kappa shape index (κ2) is 1.25. The Morgan fingerprint density at radius 1 is 1.50 bits per heavy atom. The maximum Gasteiger partial charge on any atom is 0.310 e. The number of hydrogen-bond donors (Lipinski definition) is 0. The highest BCUT2D eigenvalue weighted by molar-refractivity contribution is 5.81. The van der Waals surface area contributed by atoms with Gasteiger partial charge in [-0.15, -0.1) is 0 Å². The van der Waals surface area contributed by atoms with Crippen LogP contribution in [0.15, 0.2) is 0 Å². The molecule has 2 nitrogen and oxygen atoms in total. The molecule has 2 aliphatic rings. The largest absolute Gasteiger partial charge is 0.459 e. The minimum absolute atomic E-state index is 0.00694. The number of fused-ring (bicyclic) bond motifs is 1. The second-order valence-corrected chi connectivity index (χ2v) is 4.11. The van der Waals surface area contributed by atoms with Crippen molar-refractivity contribution in [1.29, 1.82) is 0 Å². The van der Waals surface area contributed by atoms with Gasteiger partial charge in [-0.05, 0) is 20.3 Å². The SMILES string of the molecule is CC1(C)OC(=O)[C@@H]2C[C@@]21C. The van der Waals surface area contributed by atoms with E-state index in [4.69, 9.17) is 4.74 Å². The predicted octanol–water partition coefficient (Wildman–Crippen LogP) is 1.35. The first kappa shape index (κ1) is 6.20. The van der Waals surface area contributed by atoms with Gasteiger partial charge in [0.2, 0.25) is 0 Å². The third-order valence-electron chi connectivity index (χ3n) is 3.25. The first-order valence-corrected chi connectivity index (χ1v) is 3.70. The molecule has 0 radical (unpaired) electrons. The number of hydrogen-bond acceptors (Lipinski definition) is 2. The van der Waals surface area contributed by atoms with Crippen molar-refractivity contribution in [3.63, 3.8) is 0 Å². The third-order valence-corrected chi connectivity index (χ3v) is 3.25. The molecule has 0 spiro atoms. The molecule has 1 saturated carbocycles. The number of rotatable bonds is 0. The summed E-state index contributed by atoms with van der Waals surface area (Å²) in [4.78, 5) is 11.0. The number of carbonyl (C=O) groups is 1. The lowest BCUT2D eigenvalue weighted by molar-refractivity contribution is -0.152. The molecular formula is C8H12O2. The number of ether oxygens (including phenoxy) is 1. The topological polar surface area (TPSA) is 26.3 Å². The molecule has 0 aromatic rings. The Hall–Kier alpha value is -0.530. The zero-order valence-corrected chi connectivity index (χ0v) is 6.60. The van der Waals surface area contributed by atoms with E-state index in [0.29, 0.717) is 0 Å².